The van der Waals surface area contributed by atoms with E-state index in [0.717, 1.165) is 12.1 Å². The first-order chi connectivity index (χ1) is 22.1. The number of rotatable bonds is 12. The van der Waals surface area contributed by atoms with E-state index in [1.165, 1.54) is 64.3 Å². The molecule has 2 aromatic carbocycles. The zero-order chi connectivity index (χ0) is 36.2. The van der Waals surface area contributed by atoms with Crippen LogP contribution in [0.25, 0.3) is 11.3 Å². The molecule has 0 saturated carbocycles. The highest BCUT2D eigenvalue weighted by molar-refractivity contribution is 6.31. The minimum atomic E-state index is -5.32. The number of aliphatic hydroxyl groups is 2. The predicted octanol–water partition coefficient (Wildman–Crippen LogP) is 7.48. The van der Waals surface area contributed by atoms with Crippen molar-refractivity contribution in [2.75, 3.05) is 13.7 Å². The third kappa shape index (κ3) is 9.57. The third-order valence-electron chi connectivity index (χ3n) is 7.15. The number of aliphatic hydroxyl groups excluding tert-OH is 1. The minimum Gasteiger partial charge on any atom is -0.493 e. The summed E-state index contributed by atoms with van der Waals surface area (Å²) in [7, 11) is 1.31. The number of carbonyl (C=O) groups excluding carboxylic acids is 2. The molecule has 0 aliphatic heterocycles. The number of ether oxygens (including phenoxy) is 3. The molecule has 1 heterocycles. The Morgan fingerprint density at radius 1 is 1.00 bits per heavy atom. The number of benzene rings is 2. The van der Waals surface area contributed by atoms with E-state index in [-0.39, 0.29) is 45.5 Å². The van der Waals surface area contributed by atoms with Crippen molar-refractivity contribution in [3.63, 3.8) is 0 Å². The van der Waals surface area contributed by atoms with E-state index in [0.29, 0.717) is 0 Å². The Bertz CT molecular complexity index is 1640. The maximum absolute atomic E-state index is 14.8. The number of methoxy groups -OCH3 is 1. The summed E-state index contributed by atoms with van der Waals surface area (Å²) < 4.78 is 74.5. The zero-order valence-electron chi connectivity index (χ0n) is 27.6. The van der Waals surface area contributed by atoms with Crippen LogP contribution in [0.4, 0.5) is 22.4 Å². The van der Waals surface area contributed by atoms with Crippen molar-refractivity contribution in [2.45, 2.75) is 83.4 Å². The van der Waals surface area contributed by atoms with Gasteiger partial charge in [-0.25, -0.2) is 14.2 Å². The number of carbonyl (C=O) groups is 2. The number of alkyl halides is 3. The Kier molecular flexibility index (Phi) is 11.8. The highest BCUT2D eigenvalue weighted by atomic mass is 35.5. The smallest absolute Gasteiger partial charge is 0.422 e. The molecule has 0 aliphatic rings. The highest BCUT2D eigenvalue weighted by Gasteiger charge is 2.56. The van der Waals surface area contributed by atoms with Gasteiger partial charge in [0.2, 0.25) is 5.60 Å². The van der Waals surface area contributed by atoms with Gasteiger partial charge in [-0.1, -0.05) is 11.6 Å². The second kappa shape index (κ2) is 14.7. The molecule has 3 rings (SSSR count). The third-order valence-corrected chi connectivity index (χ3v) is 7.44. The molecule has 0 bridgehead atoms. The number of halogens is 5. The van der Waals surface area contributed by atoms with Crippen LogP contribution in [0.3, 0.4) is 0 Å². The van der Waals surface area contributed by atoms with Crippen LogP contribution in [-0.2, 0) is 15.9 Å². The number of hydrogen-bond acceptors (Lipinski definition) is 8. The van der Waals surface area contributed by atoms with Crippen LogP contribution in [0, 0.1) is 5.82 Å². The molecule has 0 aliphatic carbocycles. The Balaban J connectivity index is 2.08. The van der Waals surface area contributed by atoms with E-state index < -0.39 is 65.3 Å². The van der Waals surface area contributed by atoms with Crippen LogP contribution < -0.4 is 14.8 Å². The lowest BCUT2D eigenvalue weighted by atomic mass is 9.86. The lowest BCUT2D eigenvalue weighted by molar-refractivity contribution is -0.270. The van der Waals surface area contributed by atoms with Crippen LogP contribution in [0.5, 0.6) is 11.5 Å². The fraction of sp³-hybridized carbons (Fsp3) is 0.441. The number of nitrogens with zero attached hydrogens (tertiary/aromatic N) is 1. The van der Waals surface area contributed by atoms with Gasteiger partial charge in [-0.05, 0) is 102 Å². The number of hydrogen-bond donors (Lipinski definition) is 3. The summed E-state index contributed by atoms with van der Waals surface area (Å²) in [5, 5.41) is 23.2. The van der Waals surface area contributed by atoms with Crippen LogP contribution in [0.1, 0.15) is 76.0 Å². The number of aromatic nitrogens is 1. The second-order valence-corrected chi connectivity index (χ2v) is 13.2. The summed E-state index contributed by atoms with van der Waals surface area (Å²) in [5.74, 6) is -1.19. The molecule has 2 atom stereocenters. The molecule has 262 valence electrons. The highest BCUT2D eigenvalue weighted by Crippen LogP contribution is 2.44. The second-order valence-electron chi connectivity index (χ2n) is 12.8. The summed E-state index contributed by atoms with van der Waals surface area (Å²) in [6.07, 6.45) is -8.86. The van der Waals surface area contributed by atoms with Crippen LogP contribution in [-0.4, -0.2) is 58.7 Å². The lowest BCUT2D eigenvalue weighted by Crippen LogP contribution is -2.45. The van der Waals surface area contributed by atoms with Crippen molar-refractivity contribution in [1.29, 1.82) is 0 Å². The number of pyridine rings is 1. The molecule has 14 heteroatoms. The Labute approximate surface area is 281 Å². The van der Waals surface area contributed by atoms with Crippen molar-refractivity contribution < 1.29 is 51.6 Å². The first-order valence-electron chi connectivity index (χ1n) is 14.9. The summed E-state index contributed by atoms with van der Waals surface area (Å²) in [6, 6.07) is 9.79. The average Bonchev–Trinajstić information content (AvgIpc) is 2.97. The van der Waals surface area contributed by atoms with Crippen LogP contribution in [0.2, 0.25) is 5.02 Å². The van der Waals surface area contributed by atoms with Crippen LogP contribution >= 0.6 is 11.6 Å². The van der Waals surface area contributed by atoms with E-state index in [2.05, 4.69) is 10.3 Å². The SMILES string of the molecule is COc1cc(C(=O)CCC(O)(c2cc(C(C)(C)NC(=O)OC(C)(C)C)cc(-c3ccc(F)c(Cl)c3)n2)C(F)(F)F)ccc1OC[C@@H](C)O. The standard InChI is InChI=1S/C34H39ClF4N2O7/c1-19(42)18-47-27-11-9-21(15-28(27)46-7)26(43)12-13-33(45,34(37,38)39)29-17-22(32(5,6)41-30(44)48-31(2,3)4)16-25(40-29)20-8-10-24(36)23(35)14-20/h8-11,14-17,19,42,45H,12-13,18H2,1-7H3,(H,41,44)/t19-,33?/m1/s1. The first-order valence-corrected chi connectivity index (χ1v) is 15.2. The van der Waals surface area contributed by atoms with Gasteiger partial charge in [0, 0.05) is 17.5 Å². The quantitative estimate of drug-likeness (QED) is 0.131. The molecule has 1 aromatic heterocycles. The monoisotopic (exact) mass is 698 g/mol. The molecule has 0 saturated heterocycles. The van der Waals surface area contributed by atoms with Gasteiger partial charge >= 0.3 is 12.3 Å². The van der Waals surface area contributed by atoms with Crippen molar-refractivity contribution >= 4 is 23.5 Å². The Morgan fingerprint density at radius 2 is 1.67 bits per heavy atom. The number of ketones is 1. The predicted molar refractivity (Wildman–Crippen MR) is 171 cm³/mol. The van der Waals surface area contributed by atoms with Crippen molar-refractivity contribution in [3.05, 3.63) is 76.2 Å². The maximum Gasteiger partial charge on any atom is 0.422 e. The van der Waals surface area contributed by atoms with Gasteiger partial charge in [-0.15, -0.1) is 0 Å². The molecule has 48 heavy (non-hydrogen) atoms. The molecule has 1 unspecified atom stereocenters. The van der Waals surface area contributed by atoms with E-state index in [1.807, 2.05) is 0 Å². The molecule has 3 N–H and O–H groups in total. The van der Waals surface area contributed by atoms with Crippen molar-refractivity contribution in [2.24, 2.45) is 0 Å². The molecular formula is C34H39ClF4N2O7. The van der Waals surface area contributed by atoms with Crippen LogP contribution in [0.15, 0.2) is 48.5 Å². The minimum absolute atomic E-state index is 0.00758. The summed E-state index contributed by atoms with van der Waals surface area (Å²) in [4.78, 5) is 30.0. The number of alkyl carbamates (subject to hydrolysis) is 1. The fourth-order valence-corrected chi connectivity index (χ4v) is 4.74. The van der Waals surface area contributed by atoms with Gasteiger partial charge in [-0.3, -0.25) is 4.79 Å². The lowest BCUT2D eigenvalue weighted by Gasteiger charge is -2.33. The van der Waals surface area contributed by atoms with Crippen molar-refractivity contribution in [3.8, 4) is 22.8 Å². The van der Waals surface area contributed by atoms with E-state index in [4.69, 9.17) is 25.8 Å². The van der Waals surface area contributed by atoms with Gasteiger partial charge in [0.15, 0.2) is 17.3 Å². The Hall–Kier alpha value is -3.94. The molecule has 0 fully saturated rings. The summed E-state index contributed by atoms with van der Waals surface area (Å²) in [6.45, 7) is 9.38. The molecular weight excluding hydrogens is 660 g/mol. The molecule has 0 spiro atoms. The summed E-state index contributed by atoms with van der Waals surface area (Å²) >= 11 is 5.96. The van der Waals surface area contributed by atoms with Gasteiger partial charge in [0.25, 0.3) is 0 Å². The fourth-order valence-electron chi connectivity index (χ4n) is 4.56. The van der Waals surface area contributed by atoms with Gasteiger partial charge < -0.3 is 29.7 Å². The average molecular weight is 699 g/mol. The summed E-state index contributed by atoms with van der Waals surface area (Å²) in [5.41, 5.74) is -6.68. The Morgan fingerprint density at radius 3 is 2.23 bits per heavy atom. The van der Waals surface area contributed by atoms with Gasteiger partial charge in [0.1, 0.15) is 18.0 Å². The van der Waals surface area contributed by atoms with Crippen molar-refractivity contribution in [1.82, 2.24) is 10.3 Å². The molecule has 9 nitrogen and oxygen atoms in total. The number of amides is 1. The number of Topliss-reactive ketones (excluding diaryl/α,β-unsaturated/α-hetero) is 1. The number of nitrogens with one attached hydrogen (secondary N) is 1. The molecule has 3 aromatic rings. The van der Waals surface area contributed by atoms with E-state index in [9.17, 15) is 37.4 Å². The topological polar surface area (TPSA) is 127 Å². The van der Waals surface area contributed by atoms with E-state index in [1.54, 1.807) is 20.8 Å². The van der Waals surface area contributed by atoms with Gasteiger partial charge in [-0.2, -0.15) is 13.2 Å². The normalized spacial score (nSPS) is 14.1. The van der Waals surface area contributed by atoms with Gasteiger partial charge in [0.05, 0.1) is 35.2 Å². The zero-order valence-corrected chi connectivity index (χ0v) is 28.3. The maximum atomic E-state index is 14.8. The molecule has 1 amide bonds. The van der Waals surface area contributed by atoms with E-state index >= 15 is 0 Å². The largest absolute Gasteiger partial charge is 0.493 e. The molecule has 0 radical (unpaired) electrons. The first kappa shape index (κ1) is 38.5.